The zero-order valence-electron chi connectivity index (χ0n) is 7.72. The van der Waals surface area contributed by atoms with Gasteiger partial charge in [-0.25, -0.2) is 0 Å². The molecule has 2 saturated carbocycles. The quantitative estimate of drug-likeness (QED) is 0.560. The number of hydrogen-bond acceptors (Lipinski definition) is 2. The molecule has 3 fully saturated rings. The maximum Gasteiger partial charge on any atom is 0.234 e. The molecule has 3 aliphatic rings. The lowest BCUT2D eigenvalue weighted by molar-refractivity contribution is -0.129. The maximum atomic E-state index is 11.7. The maximum absolute atomic E-state index is 11.7. The molecule has 0 aromatic heterocycles. The highest BCUT2D eigenvalue weighted by Crippen LogP contribution is 2.75. The lowest BCUT2D eigenvalue weighted by atomic mass is 9.74. The van der Waals surface area contributed by atoms with Gasteiger partial charge in [-0.2, -0.15) is 0 Å². The van der Waals surface area contributed by atoms with Crippen LogP contribution in [0.15, 0.2) is 0 Å². The summed E-state index contributed by atoms with van der Waals surface area (Å²) < 4.78 is 0. The van der Waals surface area contributed by atoms with E-state index in [2.05, 4.69) is 12.2 Å². The lowest BCUT2D eigenvalue weighted by Crippen LogP contribution is -2.31. The van der Waals surface area contributed by atoms with Crippen molar-refractivity contribution in [1.82, 2.24) is 5.32 Å². The number of rotatable bonds is 0. The highest BCUT2D eigenvalue weighted by molar-refractivity contribution is 6.14. The molecule has 1 aliphatic heterocycles. The number of imide groups is 1. The lowest BCUT2D eigenvalue weighted by Gasteiger charge is -2.26. The van der Waals surface area contributed by atoms with E-state index in [9.17, 15) is 9.59 Å². The van der Waals surface area contributed by atoms with Gasteiger partial charge < -0.3 is 0 Å². The van der Waals surface area contributed by atoms with Gasteiger partial charge in [0.05, 0.1) is 10.8 Å². The Balaban J connectivity index is 2.11. The van der Waals surface area contributed by atoms with Crippen molar-refractivity contribution < 1.29 is 9.59 Å². The molecule has 1 saturated heterocycles. The fourth-order valence-electron chi connectivity index (χ4n) is 3.60. The van der Waals surface area contributed by atoms with E-state index in [1.165, 1.54) is 0 Å². The number of nitrogens with one attached hydrogen (secondary N) is 1. The summed E-state index contributed by atoms with van der Waals surface area (Å²) in [6, 6.07) is 0. The minimum Gasteiger partial charge on any atom is -0.295 e. The van der Waals surface area contributed by atoms with E-state index in [1.807, 2.05) is 0 Å². The molecule has 3 nitrogen and oxygen atoms in total. The molecule has 0 radical (unpaired) electrons. The number of amides is 2. The Kier molecular flexibility index (Phi) is 1.05. The van der Waals surface area contributed by atoms with Crippen LogP contribution >= 0.6 is 0 Å². The molecule has 1 N–H and O–H groups in total. The monoisotopic (exact) mass is 179 g/mol. The zero-order valence-corrected chi connectivity index (χ0v) is 7.72. The van der Waals surface area contributed by atoms with Crippen molar-refractivity contribution in [2.75, 3.05) is 0 Å². The molecule has 2 amide bonds. The first-order valence-electron chi connectivity index (χ1n) is 4.99. The topological polar surface area (TPSA) is 46.2 Å². The number of carbonyl (C=O) groups excluding carboxylic acids is 2. The van der Waals surface area contributed by atoms with Crippen LogP contribution in [0, 0.1) is 16.7 Å². The van der Waals surface area contributed by atoms with E-state index in [4.69, 9.17) is 0 Å². The van der Waals surface area contributed by atoms with Crippen molar-refractivity contribution in [1.29, 1.82) is 0 Å². The third-order valence-corrected chi connectivity index (χ3v) is 4.46. The molecule has 3 unspecified atom stereocenters. The number of hydrogen-bond donors (Lipinski definition) is 1. The van der Waals surface area contributed by atoms with Gasteiger partial charge in [-0.05, 0) is 25.2 Å². The van der Waals surface area contributed by atoms with E-state index in [1.54, 1.807) is 0 Å². The van der Waals surface area contributed by atoms with Crippen LogP contribution in [0.1, 0.15) is 32.6 Å². The smallest absolute Gasteiger partial charge is 0.234 e. The molecule has 3 heteroatoms. The SMILES string of the molecule is CC1CCCC23CC12C(=O)NC3=O. The first kappa shape index (κ1) is 7.54. The summed E-state index contributed by atoms with van der Waals surface area (Å²) in [4.78, 5) is 23.2. The Labute approximate surface area is 76.9 Å². The van der Waals surface area contributed by atoms with E-state index < -0.39 is 0 Å². The molecule has 70 valence electrons. The summed E-state index contributed by atoms with van der Waals surface area (Å²) in [5.41, 5.74) is -0.538. The molecule has 2 aliphatic carbocycles. The Hall–Kier alpha value is -0.860. The number of piperidine rings is 1. The van der Waals surface area contributed by atoms with Crippen LogP contribution < -0.4 is 5.32 Å². The second-order valence-corrected chi connectivity index (χ2v) is 4.81. The van der Waals surface area contributed by atoms with E-state index >= 15 is 0 Å². The van der Waals surface area contributed by atoms with Crippen molar-refractivity contribution in [3.63, 3.8) is 0 Å². The van der Waals surface area contributed by atoms with Crippen molar-refractivity contribution >= 4 is 11.8 Å². The minimum atomic E-state index is -0.275. The molecular formula is C10H13NO2. The molecule has 3 rings (SSSR count). The van der Waals surface area contributed by atoms with Crippen molar-refractivity contribution in [2.45, 2.75) is 32.6 Å². The second-order valence-electron chi connectivity index (χ2n) is 4.81. The Morgan fingerprint density at radius 3 is 2.85 bits per heavy atom. The van der Waals surface area contributed by atoms with Crippen molar-refractivity contribution in [3.8, 4) is 0 Å². The Morgan fingerprint density at radius 1 is 1.38 bits per heavy atom. The Morgan fingerprint density at radius 2 is 2.15 bits per heavy atom. The third kappa shape index (κ3) is 0.550. The second kappa shape index (κ2) is 1.81. The van der Waals surface area contributed by atoms with Gasteiger partial charge >= 0.3 is 0 Å². The van der Waals surface area contributed by atoms with E-state index in [0.717, 1.165) is 25.7 Å². The van der Waals surface area contributed by atoms with Gasteiger partial charge in [0.1, 0.15) is 0 Å². The molecule has 0 spiro atoms. The molecule has 3 atom stereocenters. The average Bonchev–Trinajstić information content (AvgIpc) is 2.72. The van der Waals surface area contributed by atoms with E-state index in [0.29, 0.717) is 5.92 Å². The summed E-state index contributed by atoms with van der Waals surface area (Å²) in [7, 11) is 0. The molecule has 0 aromatic carbocycles. The first-order valence-corrected chi connectivity index (χ1v) is 4.99. The molecule has 13 heavy (non-hydrogen) atoms. The van der Waals surface area contributed by atoms with Gasteiger partial charge in [-0.3, -0.25) is 14.9 Å². The van der Waals surface area contributed by atoms with Gasteiger partial charge in [0.25, 0.3) is 0 Å². The van der Waals surface area contributed by atoms with Gasteiger partial charge in [-0.15, -0.1) is 0 Å². The summed E-state index contributed by atoms with van der Waals surface area (Å²) >= 11 is 0. The summed E-state index contributed by atoms with van der Waals surface area (Å²) in [6.45, 7) is 2.11. The van der Waals surface area contributed by atoms with Crippen LogP contribution in [-0.4, -0.2) is 11.8 Å². The molecule has 0 bridgehead atoms. The van der Waals surface area contributed by atoms with Crippen LogP contribution in [-0.2, 0) is 9.59 Å². The van der Waals surface area contributed by atoms with Crippen LogP contribution in [0.25, 0.3) is 0 Å². The van der Waals surface area contributed by atoms with Gasteiger partial charge in [0, 0.05) is 0 Å². The van der Waals surface area contributed by atoms with Crippen molar-refractivity contribution in [3.05, 3.63) is 0 Å². The predicted molar refractivity (Wildman–Crippen MR) is 45.6 cm³/mol. The molecule has 0 aromatic rings. The molecule has 1 heterocycles. The predicted octanol–water partition coefficient (Wildman–Crippen LogP) is 0.839. The van der Waals surface area contributed by atoms with Crippen LogP contribution in [0.4, 0.5) is 0 Å². The summed E-state index contributed by atoms with van der Waals surface area (Å²) in [5, 5.41) is 2.49. The number of carbonyl (C=O) groups is 2. The standard InChI is InChI=1S/C10H13NO2/c1-6-3-2-4-9-5-10(6,9)8(13)11-7(9)12/h6H,2-5H2,1H3,(H,11,12,13). The van der Waals surface area contributed by atoms with Crippen LogP contribution in [0.5, 0.6) is 0 Å². The van der Waals surface area contributed by atoms with Crippen LogP contribution in [0.3, 0.4) is 0 Å². The highest BCUT2D eigenvalue weighted by atomic mass is 16.2. The largest absolute Gasteiger partial charge is 0.295 e. The summed E-state index contributed by atoms with van der Waals surface area (Å²) in [5.74, 6) is 0.404. The first-order chi connectivity index (χ1) is 6.13. The fraction of sp³-hybridized carbons (Fsp3) is 0.800. The fourth-order valence-corrected chi connectivity index (χ4v) is 3.60. The highest BCUT2D eigenvalue weighted by Gasteiger charge is 2.82. The normalized spacial score (nSPS) is 52.5. The van der Waals surface area contributed by atoms with Gasteiger partial charge in [-0.1, -0.05) is 13.3 Å². The summed E-state index contributed by atoms with van der Waals surface area (Å²) in [6.07, 6.45) is 3.95. The molecular weight excluding hydrogens is 166 g/mol. The van der Waals surface area contributed by atoms with Gasteiger partial charge in [0.15, 0.2) is 0 Å². The third-order valence-electron chi connectivity index (χ3n) is 4.46. The van der Waals surface area contributed by atoms with E-state index in [-0.39, 0.29) is 22.6 Å². The van der Waals surface area contributed by atoms with Crippen molar-refractivity contribution in [2.24, 2.45) is 16.7 Å². The zero-order chi connectivity index (χ0) is 9.27. The van der Waals surface area contributed by atoms with Gasteiger partial charge in [0.2, 0.25) is 11.8 Å². The van der Waals surface area contributed by atoms with Crippen LogP contribution in [0.2, 0.25) is 0 Å². The Bertz CT molecular complexity index is 325. The minimum absolute atomic E-state index is 0.00375. The average molecular weight is 179 g/mol.